The van der Waals surface area contributed by atoms with E-state index in [0.717, 1.165) is 38.5 Å². The van der Waals surface area contributed by atoms with E-state index in [9.17, 15) is 9.59 Å². The molecule has 0 aromatic heterocycles. The number of carboxylic acids is 1. The minimum atomic E-state index is -0.742. The molecule has 0 aliphatic carbocycles. The molecule has 0 aliphatic rings. The molecule has 0 rings (SSSR count). The van der Waals surface area contributed by atoms with Crippen LogP contribution in [-0.4, -0.2) is 23.1 Å². The molecule has 0 saturated heterocycles. The van der Waals surface area contributed by atoms with Gasteiger partial charge in [-0.15, -0.1) is 0 Å². The van der Waals surface area contributed by atoms with Gasteiger partial charge >= 0.3 is 11.9 Å². The Bertz CT molecular complexity index is 600. The minimum Gasteiger partial charge on any atom is -0.481 e. The van der Waals surface area contributed by atoms with Gasteiger partial charge in [0, 0.05) is 12.8 Å². The summed E-state index contributed by atoms with van der Waals surface area (Å²) in [4.78, 5) is 23.4. The zero-order valence-electron chi connectivity index (χ0n) is 28.3. The Morgan fingerprint density at radius 3 is 1.38 bits per heavy atom. The Hall–Kier alpha value is -1.32. The van der Waals surface area contributed by atoms with Gasteiger partial charge in [0.15, 0.2) is 0 Å². The van der Waals surface area contributed by atoms with Crippen LogP contribution in [0.5, 0.6) is 0 Å². The molecule has 0 spiro atoms. The highest BCUT2D eigenvalue weighted by Crippen LogP contribution is 2.18. The summed E-state index contributed by atoms with van der Waals surface area (Å²) in [5.41, 5.74) is 0. The average molecular weight is 593 g/mol. The first kappa shape index (κ1) is 40.7. The van der Waals surface area contributed by atoms with E-state index in [1.807, 2.05) is 0 Å². The van der Waals surface area contributed by atoms with Crippen molar-refractivity contribution < 1.29 is 19.4 Å². The van der Waals surface area contributed by atoms with Crippen molar-refractivity contribution in [3.05, 3.63) is 12.2 Å². The van der Waals surface area contributed by atoms with E-state index in [0.29, 0.717) is 12.8 Å². The van der Waals surface area contributed by atoms with Crippen molar-refractivity contribution in [3.8, 4) is 0 Å². The number of ether oxygens (including phenoxy) is 1. The van der Waals surface area contributed by atoms with Crippen LogP contribution in [0.3, 0.4) is 0 Å². The lowest BCUT2D eigenvalue weighted by atomic mass is 10.0. The highest BCUT2D eigenvalue weighted by Gasteiger charge is 2.14. The molecule has 0 aromatic carbocycles. The second-order valence-electron chi connectivity index (χ2n) is 12.8. The van der Waals surface area contributed by atoms with E-state index in [2.05, 4.69) is 26.0 Å². The highest BCUT2D eigenvalue weighted by molar-refractivity contribution is 5.69. The summed E-state index contributed by atoms with van der Waals surface area (Å²) in [6.45, 7) is 4.51. The van der Waals surface area contributed by atoms with Crippen LogP contribution in [0.1, 0.15) is 213 Å². The number of hydrogen-bond donors (Lipinski definition) is 1. The van der Waals surface area contributed by atoms with E-state index in [-0.39, 0.29) is 18.5 Å². The third-order valence-electron chi connectivity index (χ3n) is 8.49. The van der Waals surface area contributed by atoms with Crippen molar-refractivity contribution in [1.29, 1.82) is 0 Å². The molecule has 1 unspecified atom stereocenters. The zero-order valence-corrected chi connectivity index (χ0v) is 28.3. The van der Waals surface area contributed by atoms with Crippen LogP contribution in [0.2, 0.25) is 0 Å². The lowest BCUT2D eigenvalue weighted by Gasteiger charge is -2.18. The van der Waals surface area contributed by atoms with Crippen LogP contribution < -0.4 is 0 Å². The van der Waals surface area contributed by atoms with E-state index in [4.69, 9.17) is 9.84 Å². The van der Waals surface area contributed by atoms with E-state index >= 15 is 0 Å². The molecule has 0 amide bonds. The van der Waals surface area contributed by atoms with E-state index in [1.54, 1.807) is 0 Å². The smallest absolute Gasteiger partial charge is 0.306 e. The highest BCUT2D eigenvalue weighted by atomic mass is 16.5. The number of hydrogen-bond acceptors (Lipinski definition) is 3. The first-order valence-electron chi connectivity index (χ1n) is 18.7. The summed E-state index contributed by atoms with van der Waals surface area (Å²) in [7, 11) is 0. The molecule has 0 saturated carbocycles. The molecule has 0 aromatic rings. The Kier molecular flexibility index (Phi) is 33.1. The standard InChI is InChI=1S/C38H72O4/c1-3-5-7-9-11-13-15-16-17-18-19-21-22-24-26-28-32-36(33-30-31-34-37(39)40)42-38(41)35-29-27-25-23-20-14-12-10-8-6-4-2/h10,12,36H,3-9,11,13-35H2,1-2H3,(H,39,40)/b12-10-. The largest absolute Gasteiger partial charge is 0.481 e. The maximum atomic E-state index is 12.5. The fourth-order valence-corrected chi connectivity index (χ4v) is 5.69. The van der Waals surface area contributed by atoms with Crippen LogP contribution in [0.4, 0.5) is 0 Å². The first-order valence-corrected chi connectivity index (χ1v) is 18.7. The zero-order chi connectivity index (χ0) is 30.8. The average Bonchev–Trinajstić information content (AvgIpc) is 2.97. The van der Waals surface area contributed by atoms with Crippen LogP contribution in [-0.2, 0) is 14.3 Å². The number of carbonyl (C=O) groups excluding carboxylic acids is 1. The SMILES string of the molecule is CCCC/C=C\CCCCCCCC(=O)OC(CCCCCCCCCCCCCCCCCC)CCCCC(=O)O. The third-order valence-corrected chi connectivity index (χ3v) is 8.49. The number of carbonyl (C=O) groups is 2. The number of unbranched alkanes of at least 4 members (excludes halogenated alkanes) is 23. The molecule has 248 valence electrons. The van der Waals surface area contributed by atoms with Gasteiger partial charge in [0.05, 0.1) is 0 Å². The van der Waals surface area contributed by atoms with Gasteiger partial charge in [0.2, 0.25) is 0 Å². The van der Waals surface area contributed by atoms with Crippen molar-refractivity contribution in [1.82, 2.24) is 0 Å². The van der Waals surface area contributed by atoms with Crippen LogP contribution in [0.25, 0.3) is 0 Å². The second kappa shape index (κ2) is 34.2. The molecule has 1 atom stereocenters. The molecule has 4 heteroatoms. The van der Waals surface area contributed by atoms with Gasteiger partial charge in [-0.25, -0.2) is 0 Å². The number of aliphatic carboxylic acids is 1. The summed E-state index contributed by atoms with van der Waals surface area (Å²) in [5.74, 6) is -0.803. The first-order chi connectivity index (χ1) is 20.6. The number of allylic oxidation sites excluding steroid dienone is 2. The fraction of sp³-hybridized carbons (Fsp3) is 0.895. The Balaban J connectivity index is 3.87. The molecule has 0 heterocycles. The van der Waals surface area contributed by atoms with Gasteiger partial charge in [-0.3, -0.25) is 9.59 Å². The lowest BCUT2D eigenvalue weighted by Crippen LogP contribution is -2.18. The van der Waals surface area contributed by atoms with Crippen molar-refractivity contribution in [2.24, 2.45) is 0 Å². The number of esters is 1. The Morgan fingerprint density at radius 2 is 0.881 bits per heavy atom. The minimum absolute atomic E-state index is 0.0440. The second-order valence-corrected chi connectivity index (χ2v) is 12.8. The van der Waals surface area contributed by atoms with Crippen LogP contribution in [0, 0.1) is 0 Å². The van der Waals surface area contributed by atoms with Crippen molar-refractivity contribution in [2.45, 2.75) is 219 Å². The molecule has 42 heavy (non-hydrogen) atoms. The normalized spacial score (nSPS) is 12.2. The molecule has 0 bridgehead atoms. The topological polar surface area (TPSA) is 63.6 Å². The molecule has 0 radical (unpaired) electrons. The maximum Gasteiger partial charge on any atom is 0.306 e. The summed E-state index contributed by atoms with van der Waals surface area (Å²) in [5, 5.41) is 8.93. The third kappa shape index (κ3) is 33.2. The van der Waals surface area contributed by atoms with E-state index < -0.39 is 5.97 Å². The monoisotopic (exact) mass is 593 g/mol. The van der Waals surface area contributed by atoms with Gasteiger partial charge in [0.25, 0.3) is 0 Å². The Morgan fingerprint density at radius 1 is 0.500 bits per heavy atom. The maximum absolute atomic E-state index is 12.5. The predicted octanol–water partition coefficient (Wildman–Crippen LogP) is 12.7. The quantitative estimate of drug-likeness (QED) is 0.0458. The molecular formula is C38H72O4. The van der Waals surface area contributed by atoms with Gasteiger partial charge in [-0.2, -0.15) is 0 Å². The van der Waals surface area contributed by atoms with Gasteiger partial charge < -0.3 is 9.84 Å². The van der Waals surface area contributed by atoms with Gasteiger partial charge in [-0.1, -0.05) is 154 Å². The molecule has 0 fully saturated rings. The summed E-state index contributed by atoms with van der Waals surface area (Å²) >= 11 is 0. The van der Waals surface area contributed by atoms with Crippen molar-refractivity contribution in [2.75, 3.05) is 0 Å². The fourth-order valence-electron chi connectivity index (χ4n) is 5.69. The molecule has 1 N–H and O–H groups in total. The van der Waals surface area contributed by atoms with Crippen molar-refractivity contribution in [3.63, 3.8) is 0 Å². The van der Waals surface area contributed by atoms with Crippen molar-refractivity contribution >= 4 is 11.9 Å². The number of carboxylic acid groups (broad SMARTS) is 1. The Labute approximate surface area is 262 Å². The van der Waals surface area contributed by atoms with Crippen LogP contribution >= 0.6 is 0 Å². The van der Waals surface area contributed by atoms with Crippen LogP contribution in [0.15, 0.2) is 12.2 Å². The molecule has 0 aliphatic heterocycles. The number of rotatable bonds is 34. The van der Waals surface area contributed by atoms with Gasteiger partial charge in [0.1, 0.15) is 6.10 Å². The molecule has 4 nitrogen and oxygen atoms in total. The predicted molar refractivity (Wildman–Crippen MR) is 181 cm³/mol. The van der Waals surface area contributed by atoms with E-state index in [1.165, 1.54) is 141 Å². The molecular weight excluding hydrogens is 520 g/mol. The lowest BCUT2D eigenvalue weighted by molar-refractivity contribution is -0.150. The summed E-state index contributed by atoms with van der Waals surface area (Å²) < 4.78 is 5.88. The summed E-state index contributed by atoms with van der Waals surface area (Å²) in [6, 6.07) is 0. The van der Waals surface area contributed by atoms with Gasteiger partial charge in [-0.05, 0) is 57.8 Å². The summed E-state index contributed by atoms with van der Waals surface area (Å²) in [6.07, 6.45) is 40.8.